The number of hydrogen-bond acceptors (Lipinski definition) is 5. The van der Waals surface area contributed by atoms with Crippen molar-refractivity contribution >= 4 is 33.1 Å². The minimum atomic E-state index is -0.396. The van der Waals surface area contributed by atoms with Crippen molar-refractivity contribution in [2.45, 2.75) is 33.2 Å². The Hall–Kier alpha value is -2.77. The van der Waals surface area contributed by atoms with Crippen LogP contribution in [0.4, 0.5) is 0 Å². The van der Waals surface area contributed by atoms with E-state index in [2.05, 4.69) is 42.2 Å². The van der Waals surface area contributed by atoms with E-state index in [9.17, 15) is 9.59 Å². The van der Waals surface area contributed by atoms with Crippen molar-refractivity contribution in [3.63, 3.8) is 0 Å². The fraction of sp³-hybridized carbons (Fsp3) is 0.348. The number of benzene rings is 1. The van der Waals surface area contributed by atoms with Gasteiger partial charge in [0.15, 0.2) is 5.82 Å². The van der Waals surface area contributed by atoms with Crippen LogP contribution in [0.1, 0.15) is 52.9 Å². The van der Waals surface area contributed by atoms with Crippen LogP contribution in [0.3, 0.4) is 0 Å². The summed E-state index contributed by atoms with van der Waals surface area (Å²) in [6, 6.07) is 10.5. The highest BCUT2D eigenvalue weighted by molar-refractivity contribution is 7.20. The third-order valence-corrected chi connectivity index (χ3v) is 6.94. The number of hydrogen-bond donors (Lipinski definition) is 2. The number of carbonyl (C=O) groups is 1. The molecule has 2 N–H and O–H groups in total. The molecule has 1 aliphatic heterocycles. The van der Waals surface area contributed by atoms with Gasteiger partial charge in [-0.1, -0.05) is 30.3 Å². The Labute approximate surface area is 179 Å². The maximum atomic E-state index is 12.8. The van der Waals surface area contributed by atoms with Crippen LogP contribution in [-0.2, 0) is 4.74 Å². The largest absolute Gasteiger partial charge is 0.462 e. The van der Waals surface area contributed by atoms with Gasteiger partial charge < -0.3 is 14.6 Å². The van der Waals surface area contributed by atoms with Gasteiger partial charge in [0.1, 0.15) is 15.7 Å². The number of esters is 1. The molecule has 0 saturated heterocycles. The van der Waals surface area contributed by atoms with Gasteiger partial charge in [-0.3, -0.25) is 4.79 Å². The summed E-state index contributed by atoms with van der Waals surface area (Å²) in [4.78, 5) is 35.1. The molecule has 0 saturated carbocycles. The molecule has 4 rings (SSSR count). The third-order valence-electron chi connectivity index (χ3n) is 5.77. The predicted octanol–water partition coefficient (Wildman–Crippen LogP) is 2.90. The second-order valence-electron chi connectivity index (χ2n) is 7.59. The van der Waals surface area contributed by atoms with Crippen LogP contribution >= 0.6 is 11.3 Å². The van der Waals surface area contributed by atoms with Gasteiger partial charge in [-0.15, -0.1) is 11.3 Å². The Morgan fingerprint density at radius 1 is 1.33 bits per heavy atom. The lowest BCUT2D eigenvalue weighted by molar-refractivity contribution is -0.925. The minimum absolute atomic E-state index is 0.0455. The number of aromatic amines is 1. The standard InChI is InChI=1S/C23H25N3O3S/c1-4-29-23(28)19-14(2)18-21(27)24-20(25-22(18)30-19)15(3)26-12-10-17(11-13-26)16-8-6-5-7-9-16/h5-10,15H,4,11-13H2,1-3H3,(H,24,25,27)/p+1/t15-/m0/s1. The van der Waals surface area contributed by atoms with Crippen molar-refractivity contribution in [3.8, 4) is 0 Å². The Morgan fingerprint density at radius 3 is 2.77 bits per heavy atom. The molecule has 0 radical (unpaired) electrons. The molecule has 30 heavy (non-hydrogen) atoms. The molecule has 0 fully saturated rings. The number of aromatic nitrogens is 2. The molecule has 2 atom stereocenters. The van der Waals surface area contributed by atoms with E-state index in [1.807, 2.05) is 6.07 Å². The minimum Gasteiger partial charge on any atom is -0.462 e. The molecule has 1 aliphatic rings. The van der Waals surface area contributed by atoms with E-state index in [1.54, 1.807) is 13.8 Å². The molecule has 1 aromatic carbocycles. The van der Waals surface area contributed by atoms with E-state index in [-0.39, 0.29) is 11.6 Å². The fourth-order valence-corrected chi connectivity index (χ4v) is 5.09. The number of ether oxygens (including phenoxy) is 1. The molecule has 0 amide bonds. The quantitative estimate of drug-likeness (QED) is 0.618. The van der Waals surface area contributed by atoms with Gasteiger partial charge >= 0.3 is 5.97 Å². The number of carbonyl (C=O) groups excluding carboxylic acids is 1. The Kier molecular flexibility index (Phi) is 5.83. The maximum Gasteiger partial charge on any atom is 0.348 e. The van der Waals surface area contributed by atoms with Crippen molar-refractivity contribution < 1.29 is 14.4 Å². The van der Waals surface area contributed by atoms with Crippen molar-refractivity contribution in [3.05, 3.63) is 68.6 Å². The molecule has 0 spiro atoms. The second kappa shape index (κ2) is 8.53. The van der Waals surface area contributed by atoms with Crippen LogP contribution in [-0.4, -0.2) is 35.6 Å². The van der Waals surface area contributed by atoms with Crippen molar-refractivity contribution in [1.82, 2.24) is 9.97 Å². The molecule has 6 nitrogen and oxygen atoms in total. The monoisotopic (exact) mass is 424 g/mol. The van der Waals surface area contributed by atoms with Crippen molar-refractivity contribution in [2.75, 3.05) is 19.7 Å². The van der Waals surface area contributed by atoms with Crippen LogP contribution in [0.15, 0.2) is 41.2 Å². The number of quaternary nitrogens is 1. The van der Waals surface area contributed by atoms with E-state index < -0.39 is 5.97 Å². The highest BCUT2D eigenvalue weighted by Gasteiger charge is 2.27. The molecule has 0 bridgehead atoms. The molecular weight excluding hydrogens is 398 g/mol. The average Bonchev–Trinajstić information content (AvgIpc) is 3.11. The number of nitrogens with zero attached hydrogens (tertiary/aromatic N) is 1. The van der Waals surface area contributed by atoms with Gasteiger partial charge in [-0.05, 0) is 43.5 Å². The lowest BCUT2D eigenvalue weighted by atomic mass is 9.99. The molecule has 7 heteroatoms. The number of rotatable bonds is 5. The van der Waals surface area contributed by atoms with Crippen LogP contribution in [0, 0.1) is 6.92 Å². The third kappa shape index (κ3) is 3.82. The number of H-pyrrole nitrogens is 1. The van der Waals surface area contributed by atoms with Crippen molar-refractivity contribution in [1.29, 1.82) is 0 Å². The number of nitrogens with one attached hydrogen (secondary N) is 2. The molecule has 3 heterocycles. The molecule has 2 aromatic heterocycles. The lowest BCUT2D eigenvalue weighted by Crippen LogP contribution is -3.12. The highest BCUT2D eigenvalue weighted by atomic mass is 32.1. The topological polar surface area (TPSA) is 76.5 Å². The summed E-state index contributed by atoms with van der Waals surface area (Å²) in [6.07, 6.45) is 3.27. The number of thiophene rings is 1. The fourth-order valence-electron chi connectivity index (χ4n) is 4.01. The van der Waals surface area contributed by atoms with E-state index in [0.717, 1.165) is 19.5 Å². The maximum absolute atomic E-state index is 12.8. The molecule has 0 aliphatic carbocycles. The van der Waals surface area contributed by atoms with Gasteiger partial charge in [0.05, 0.1) is 25.1 Å². The first kappa shape index (κ1) is 20.5. The molecule has 1 unspecified atom stereocenters. The molecular formula is C23H26N3O3S+. The van der Waals surface area contributed by atoms with Crippen LogP contribution in [0.2, 0.25) is 0 Å². The molecule has 3 aromatic rings. The Morgan fingerprint density at radius 2 is 2.10 bits per heavy atom. The summed E-state index contributed by atoms with van der Waals surface area (Å²) in [6.45, 7) is 7.79. The van der Waals surface area contributed by atoms with Crippen LogP contribution in [0.5, 0.6) is 0 Å². The predicted molar refractivity (Wildman–Crippen MR) is 119 cm³/mol. The van der Waals surface area contributed by atoms with Crippen LogP contribution < -0.4 is 10.5 Å². The smallest absolute Gasteiger partial charge is 0.348 e. The summed E-state index contributed by atoms with van der Waals surface area (Å²) < 4.78 is 5.12. The Bertz CT molecular complexity index is 1160. The number of fused-ring (bicyclic) bond motifs is 1. The first-order valence-corrected chi connectivity index (χ1v) is 11.1. The van der Waals surface area contributed by atoms with Gasteiger partial charge in [0.25, 0.3) is 5.56 Å². The summed E-state index contributed by atoms with van der Waals surface area (Å²) >= 11 is 1.24. The number of aryl methyl sites for hydroxylation is 1. The summed E-state index contributed by atoms with van der Waals surface area (Å²) in [5.41, 5.74) is 3.10. The molecule has 156 valence electrons. The highest BCUT2D eigenvalue weighted by Crippen LogP contribution is 2.28. The zero-order chi connectivity index (χ0) is 21.3. The summed E-state index contributed by atoms with van der Waals surface area (Å²) in [5, 5.41) is 0.485. The van der Waals surface area contributed by atoms with E-state index in [4.69, 9.17) is 9.72 Å². The van der Waals surface area contributed by atoms with Crippen molar-refractivity contribution in [2.24, 2.45) is 0 Å². The first-order valence-electron chi connectivity index (χ1n) is 10.3. The summed E-state index contributed by atoms with van der Waals surface area (Å²) in [5.74, 6) is 0.267. The van der Waals surface area contributed by atoms with E-state index in [1.165, 1.54) is 27.4 Å². The second-order valence-corrected chi connectivity index (χ2v) is 8.59. The summed E-state index contributed by atoms with van der Waals surface area (Å²) in [7, 11) is 0. The first-order chi connectivity index (χ1) is 14.5. The van der Waals surface area contributed by atoms with E-state index >= 15 is 0 Å². The SMILES string of the molecule is CCOC(=O)c1sc2nc([C@H](C)[NH+]3CC=C(c4ccccc4)CC3)[nH]c(=O)c2c1C. The Balaban J connectivity index is 1.60. The normalized spacial score (nSPS) is 17.6. The van der Waals surface area contributed by atoms with Gasteiger partial charge in [0.2, 0.25) is 0 Å². The zero-order valence-corrected chi connectivity index (χ0v) is 18.3. The van der Waals surface area contributed by atoms with E-state index in [0.29, 0.717) is 33.1 Å². The van der Waals surface area contributed by atoms with Gasteiger partial charge in [0, 0.05) is 6.42 Å². The lowest BCUT2D eigenvalue weighted by Gasteiger charge is -2.28. The van der Waals surface area contributed by atoms with Gasteiger partial charge in [-0.25, -0.2) is 9.78 Å². The van der Waals surface area contributed by atoms with Crippen LogP contribution in [0.25, 0.3) is 15.8 Å². The average molecular weight is 425 g/mol. The zero-order valence-electron chi connectivity index (χ0n) is 17.5. The van der Waals surface area contributed by atoms with Gasteiger partial charge in [-0.2, -0.15) is 0 Å².